The number of benzene rings is 1. The van der Waals surface area contributed by atoms with Crippen molar-refractivity contribution in [3.63, 3.8) is 0 Å². The van der Waals surface area contributed by atoms with Crippen molar-refractivity contribution in [1.29, 1.82) is 0 Å². The number of carbonyl (C=O) groups is 2. The van der Waals surface area contributed by atoms with Crippen LogP contribution in [0.3, 0.4) is 0 Å². The first-order chi connectivity index (χ1) is 11.3. The van der Waals surface area contributed by atoms with Gasteiger partial charge in [0.2, 0.25) is 0 Å². The Morgan fingerprint density at radius 2 is 1.92 bits per heavy atom. The Labute approximate surface area is 140 Å². The van der Waals surface area contributed by atoms with Gasteiger partial charge in [-0.15, -0.1) is 0 Å². The molecule has 0 spiro atoms. The molecule has 1 amide bonds. The van der Waals surface area contributed by atoms with E-state index < -0.39 is 22.2 Å². The van der Waals surface area contributed by atoms with Crippen LogP contribution in [0.4, 0.5) is 5.69 Å². The number of nitrogens with one attached hydrogen (secondary N) is 1. The van der Waals surface area contributed by atoms with Crippen molar-refractivity contribution in [2.75, 3.05) is 13.2 Å². The number of rotatable bonds is 9. The molecule has 0 aromatic heterocycles. The fraction of sp³-hybridized carbons (Fsp3) is 0.500. The van der Waals surface area contributed by atoms with Gasteiger partial charge in [-0.3, -0.25) is 19.7 Å². The van der Waals surface area contributed by atoms with E-state index in [1.54, 1.807) is 20.8 Å². The van der Waals surface area contributed by atoms with Gasteiger partial charge in [-0.25, -0.2) is 0 Å². The zero-order valence-corrected chi connectivity index (χ0v) is 14.0. The number of hydrogen-bond donors (Lipinski definition) is 2. The third-order valence-corrected chi connectivity index (χ3v) is 4.11. The second-order valence-corrected chi connectivity index (χ2v) is 5.34. The number of hydrogen-bond acceptors (Lipinski definition) is 5. The Morgan fingerprint density at radius 3 is 2.38 bits per heavy atom. The molecule has 0 aliphatic carbocycles. The minimum absolute atomic E-state index is 0.107. The molecular weight excluding hydrogens is 316 g/mol. The summed E-state index contributed by atoms with van der Waals surface area (Å²) in [7, 11) is 0. The van der Waals surface area contributed by atoms with Crippen molar-refractivity contribution in [3.05, 3.63) is 33.9 Å². The smallest absolute Gasteiger partial charge is 0.311 e. The second-order valence-electron chi connectivity index (χ2n) is 5.34. The molecule has 8 heteroatoms. The third-order valence-electron chi connectivity index (χ3n) is 4.11. The van der Waals surface area contributed by atoms with E-state index in [2.05, 4.69) is 5.32 Å². The lowest BCUT2D eigenvalue weighted by Gasteiger charge is -2.26. The first kappa shape index (κ1) is 19.4. The molecule has 1 aromatic rings. The van der Waals surface area contributed by atoms with E-state index in [0.29, 0.717) is 25.2 Å². The molecule has 24 heavy (non-hydrogen) atoms. The fourth-order valence-electron chi connectivity index (χ4n) is 2.34. The van der Waals surface area contributed by atoms with E-state index in [1.165, 1.54) is 18.2 Å². The van der Waals surface area contributed by atoms with Crippen molar-refractivity contribution in [2.24, 2.45) is 5.41 Å². The third kappa shape index (κ3) is 4.21. The lowest BCUT2D eigenvalue weighted by atomic mass is 9.82. The van der Waals surface area contributed by atoms with Crippen molar-refractivity contribution in [3.8, 4) is 5.75 Å². The van der Waals surface area contributed by atoms with E-state index in [9.17, 15) is 24.8 Å². The summed E-state index contributed by atoms with van der Waals surface area (Å²) in [5, 5.41) is 23.0. The number of carboxylic acids is 1. The predicted molar refractivity (Wildman–Crippen MR) is 87.2 cm³/mol. The van der Waals surface area contributed by atoms with E-state index in [1.807, 2.05) is 0 Å². The van der Waals surface area contributed by atoms with E-state index in [0.717, 1.165) is 0 Å². The number of ether oxygens (including phenoxy) is 1. The molecule has 0 aliphatic heterocycles. The average molecular weight is 338 g/mol. The van der Waals surface area contributed by atoms with Gasteiger partial charge in [0.25, 0.3) is 11.6 Å². The van der Waals surface area contributed by atoms with Gasteiger partial charge in [0, 0.05) is 12.6 Å². The van der Waals surface area contributed by atoms with Crippen LogP contribution in [-0.4, -0.2) is 35.1 Å². The first-order valence-electron chi connectivity index (χ1n) is 7.74. The van der Waals surface area contributed by atoms with Gasteiger partial charge in [0.05, 0.1) is 16.9 Å². The molecule has 132 valence electrons. The van der Waals surface area contributed by atoms with E-state index in [4.69, 9.17) is 4.74 Å². The van der Waals surface area contributed by atoms with Gasteiger partial charge in [-0.05, 0) is 31.9 Å². The lowest BCUT2D eigenvalue weighted by molar-refractivity contribution is -0.385. The normalized spacial score (nSPS) is 11.0. The van der Waals surface area contributed by atoms with Crippen LogP contribution in [0.15, 0.2) is 18.2 Å². The van der Waals surface area contributed by atoms with Crippen molar-refractivity contribution in [1.82, 2.24) is 5.32 Å². The molecule has 1 rings (SSSR count). The zero-order valence-electron chi connectivity index (χ0n) is 14.0. The predicted octanol–water partition coefficient (Wildman–Crippen LogP) is 2.61. The van der Waals surface area contributed by atoms with Crippen molar-refractivity contribution < 1.29 is 24.4 Å². The van der Waals surface area contributed by atoms with Gasteiger partial charge in [0.15, 0.2) is 0 Å². The van der Waals surface area contributed by atoms with E-state index >= 15 is 0 Å². The Morgan fingerprint density at radius 1 is 1.29 bits per heavy atom. The fourth-order valence-corrected chi connectivity index (χ4v) is 2.34. The van der Waals surface area contributed by atoms with Crippen LogP contribution in [0.25, 0.3) is 0 Å². The minimum atomic E-state index is -1.10. The summed E-state index contributed by atoms with van der Waals surface area (Å²) in [6.45, 7) is 5.45. The maximum atomic E-state index is 12.4. The van der Waals surface area contributed by atoms with Crippen LogP contribution in [0.1, 0.15) is 44.0 Å². The van der Waals surface area contributed by atoms with Gasteiger partial charge in [0.1, 0.15) is 11.3 Å². The number of nitrogens with zero attached hydrogens (tertiary/aromatic N) is 1. The van der Waals surface area contributed by atoms with Crippen LogP contribution in [-0.2, 0) is 4.79 Å². The largest absolute Gasteiger partial charge is 0.494 e. The zero-order chi connectivity index (χ0) is 18.3. The topological polar surface area (TPSA) is 119 Å². The maximum absolute atomic E-state index is 12.4. The molecule has 0 bridgehead atoms. The molecule has 8 nitrogen and oxygen atoms in total. The Kier molecular flexibility index (Phi) is 6.69. The summed E-state index contributed by atoms with van der Waals surface area (Å²) < 4.78 is 5.26. The molecule has 0 atom stereocenters. The highest BCUT2D eigenvalue weighted by Crippen LogP contribution is 2.27. The van der Waals surface area contributed by atoms with Crippen LogP contribution in [0.5, 0.6) is 5.75 Å². The highest BCUT2D eigenvalue weighted by Gasteiger charge is 2.35. The standard InChI is InChI=1S/C16H22N2O6/c1-4-16(5-2,15(20)21)10-17-14(19)12-9-11(24-6-3)7-8-13(12)18(22)23/h7-9H,4-6,10H2,1-3H3,(H,17,19)(H,20,21). The molecule has 2 N–H and O–H groups in total. The molecule has 0 heterocycles. The molecular formula is C16H22N2O6. The van der Waals surface area contributed by atoms with Gasteiger partial charge in [-0.1, -0.05) is 13.8 Å². The second kappa shape index (κ2) is 8.28. The quantitative estimate of drug-likeness (QED) is 0.527. The summed E-state index contributed by atoms with van der Waals surface area (Å²) in [5.41, 5.74) is -1.61. The highest BCUT2D eigenvalue weighted by molar-refractivity contribution is 5.98. The van der Waals surface area contributed by atoms with Gasteiger partial charge >= 0.3 is 5.97 Å². The van der Waals surface area contributed by atoms with Crippen molar-refractivity contribution >= 4 is 17.6 Å². The van der Waals surface area contributed by atoms with Crippen LogP contribution in [0, 0.1) is 15.5 Å². The summed E-state index contributed by atoms with van der Waals surface area (Å²) in [6, 6.07) is 3.90. The SMILES string of the molecule is CCOc1ccc([N+](=O)[O-])c(C(=O)NCC(CC)(CC)C(=O)O)c1. The summed E-state index contributed by atoms with van der Waals surface area (Å²) in [5.74, 6) is -1.37. The number of amides is 1. The average Bonchev–Trinajstić information content (AvgIpc) is 2.55. The Hall–Kier alpha value is -2.64. The minimum Gasteiger partial charge on any atom is -0.494 e. The number of carboxylic acid groups (broad SMARTS) is 1. The molecule has 0 radical (unpaired) electrons. The summed E-state index contributed by atoms with van der Waals surface area (Å²) >= 11 is 0. The molecule has 0 unspecified atom stereocenters. The van der Waals surface area contributed by atoms with Gasteiger partial charge in [-0.2, -0.15) is 0 Å². The number of aliphatic carboxylic acids is 1. The van der Waals surface area contributed by atoms with E-state index in [-0.39, 0.29) is 17.8 Å². The molecule has 0 saturated carbocycles. The Bertz CT molecular complexity index is 625. The van der Waals surface area contributed by atoms with Gasteiger partial charge < -0.3 is 15.2 Å². The molecule has 0 saturated heterocycles. The lowest BCUT2D eigenvalue weighted by Crippen LogP contribution is -2.42. The van der Waals surface area contributed by atoms with Crippen LogP contribution >= 0.6 is 0 Å². The summed E-state index contributed by atoms with van der Waals surface area (Å²) in [4.78, 5) is 34.3. The highest BCUT2D eigenvalue weighted by atomic mass is 16.6. The maximum Gasteiger partial charge on any atom is 0.311 e. The number of nitro benzene ring substituents is 1. The van der Waals surface area contributed by atoms with Crippen molar-refractivity contribution in [2.45, 2.75) is 33.6 Å². The molecule has 0 fully saturated rings. The first-order valence-corrected chi connectivity index (χ1v) is 7.74. The van der Waals surface area contributed by atoms with Crippen LogP contribution in [0.2, 0.25) is 0 Å². The molecule has 1 aromatic carbocycles. The Balaban J connectivity index is 3.07. The number of nitro groups is 1. The number of carbonyl (C=O) groups excluding carboxylic acids is 1. The monoisotopic (exact) mass is 338 g/mol. The van der Waals surface area contributed by atoms with Crippen LogP contribution < -0.4 is 10.1 Å². The summed E-state index contributed by atoms with van der Waals surface area (Å²) in [6.07, 6.45) is 0.667. The molecule has 0 aliphatic rings.